The molecule has 1 aliphatic rings. The summed E-state index contributed by atoms with van der Waals surface area (Å²) >= 11 is 0. The first-order chi connectivity index (χ1) is 8.62. The van der Waals surface area contributed by atoms with Gasteiger partial charge in [0.25, 0.3) is 0 Å². The lowest BCUT2D eigenvalue weighted by Gasteiger charge is -2.43. The van der Waals surface area contributed by atoms with E-state index in [1.54, 1.807) is 0 Å². The third kappa shape index (κ3) is 4.55. The fourth-order valence-corrected chi connectivity index (χ4v) is 3.65. The Morgan fingerprint density at radius 3 is 2.44 bits per heavy atom. The normalized spacial score (nSPS) is 29.2. The van der Waals surface area contributed by atoms with Gasteiger partial charge in [-0.15, -0.1) is 0 Å². The number of rotatable bonds is 7. The van der Waals surface area contributed by atoms with Gasteiger partial charge in [0.05, 0.1) is 0 Å². The van der Waals surface area contributed by atoms with Crippen LogP contribution < -0.4 is 5.73 Å². The minimum atomic E-state index is 0.733. The van der Waals surface area contributed by atoms with Crippen LogP contribution in [0.3, 0.4) is 0 Å². The molecule has 0 spiro atoms. The molecule has 0 aromatic heterocycles. The van der Waals surface area contributed by atoms with Gasteiger partial charge >= 0.3 is 0 Å². The third-order valence-corrected chi connectivity index (χ3v) is 4.54. The molecule has 1 rings (SSSR count). The predicted molar refractivity (Wildman–Crippen MR) is 80.7 cm³/mol. The van der Waals surface area contributed by atoms with Gasteiger partial charge in [0.2, 0.25) is 0 Å². The summed E-state index contributed by atoms with van der Waals surface area (Å²) in [5.74, 6) is 2.44. The molecule has 108 valence electrons. The van der Waals surface area contributed by atoms with E-state index in [0.29, 0.717) is 0 Å². The van der Waals surface area contributed by atoms with Gasteiger partial charge in [-0.25, -0.2) is 0 Å². The van der Waals surface area contributed by atoms with Crippen molar-refractivity contribution in [2.24, 2.45) is 23.5 Å². The Morgan fingerprint density at radius 2 is 1.94 bits per heavy atom. The maximum atomic E-state index is 6.01. The van der Waals surface area contributed by atoms with Crippen molar-refractivity contribution in [3.63, 3.8) is 0 Å². The minimum Gasteiger partial charge on any atom is -0.330 e. The molecule has 2 N–H and O–H groups in total. The summed E-state index contributed by atoms with van der Waals surface area (Å²) in [6.45, 7) is 12.6. The standard InChI is InChI=1S/C16H34N2/c1-5-7-14-8-9-15(11-17)16(10-14)18(6-2)12-13(3)4/h13-16H,5-12,17H2,1-4H3. The summed E-state index contributed by atoms with van der Waals surface area (Å²) in [6, 6.07) is 0.743. The van der Waals surface area contributed by atoms with Crippen molar-refractivity contribution >= 4 is 0 Å². The van der Waals surface area contributed by atoms with E-state index in [0.717, 1.165) is 30.3 Å². The second kappa shape index (κ2) is 8.16. The van der Waals surface area contributed by atoms with Crippen LogP contribution in [0.2, 0.25) is 0 Å². The maximum absolute atomic E-state index is 6.01. The molecule has 0 amide bonds. The van der Waals surface area contributed by atoms with Crippen molar-refractivity contribution in [1.29, 1.82) is 0 Å². The average Bonchev–Trinajstić information content (AvgIpc) is 2.36. The van der Waals surface area contributed by atoms with Gasteiger partial charge in [-0.1, -0.05) is 47.0 Å². The zero-order chi connectivity index (χ0) is 13.5. The van der Waals surface area contributed by atoms with E-state index in [2.05, 4.69) is 32.6 Å². The van der Waals surface area contributed by atoms with Gasteiger partial charge in [-0.3, -0.25) is 0 Å². The highest BCUT2D eigenvalue weighted by Crippen LogP contribution is 2.34. The summed E-state index contributed by atoms with van der Waals surface area (Å²) in [6.07, 6.45) is 6.89. The van der Waals surface area contributed by atoms with Crippen LogP contribution in [0.25, 0.3) is 0 Å². The first-order valence-corrected chi connectivity index (χ1v) is 8.06. The van der Waals surface area contributed by atoms with E-state index in [1.807, 2.05) is 0 Å². The second-order valence-corrected chi connectivity index (χ2v) is 6.51. The Morgan fingerprint density at radius 1 is 1.22 bits per heavy atom. The lowest BCUT2D eigenvalue weighted by molar-refractivity contribution is 0.0739. The number of nitrogens with zero attached hydrogens (tertiary/aromatic N) is 1. The predicted octanol–water partition coefficient (Wildman–Crippen LogP) is 3.51. The highest BCUT2D eigenvalue weighted by Gasteiger charge is 2.32. The van der Waals surface area contributed by atoms with Crippen LogP contribution in [0, 0.1) is 17.8 Å². The summed E-state index contributed by atoms with van der Waals surface area (Å²) in [5, 5.41) is 0. The molecule has 0 bridgehead atoms. The summed E-state index contributed by atoms with van der Waals surface area (Å²) in [5.41, 5.74) is 6.01. The number of hydrogen-bond acceptors (Lipinski definition) is 2. The lowest BCUT2D eigenvalue weighted by Crippen LogP contribution is -2.48. The van der Waals surface area contributed by atoms with E-state index in [9.17, 15) is 0 Å². The van der Waals surface area contributed by atoms with Crippen molar-refractivity contribution in [3.05, 3.63) is 0 Å². The van der Waals surface area contributed by atoms with Gasteiger partial charge in [0.1, 0.15) is 0 Å². The molecule has 3 unspecified atom stereocenters. The zero-order valence-electron chi connectivity index (χ0n) is 13.0. The Labute approximate surface area is 114 Å². The molecule has 0 saturated heterocycles. The molecule has 1 saturated carbocycles. The van der Waals surface area contributed by atoms with Gasteiger partial charge in [0, 0.05) is 12.6 Å². The molecule has 0 aromatic carbocycles. The summed E-state index contributed by atoms with van der Waals surface area (Å²) in [4.78, 5) is 2.70. The molecule has 18 heavy (non-hydrogen) atoms. The van der Waals surface area contributed by atoms with Crippen molar-refractivity contribution < 1.29 is 0 Å². The van der Waals surface area contributed by atoms with Crippen LogP contribution in [-0.2, 0) is 0 Å². The maximum Gasteiger partial charge on any atom is 0.0138 e. The largest absolute Gasteiger partial charge is 0.330 e. The Bertz CT molecular complexity index is 215. The second-order valence-electron chi connectivity index (χ2n) is 6.51. The Kier molecular flexibility index (Phi) is 7.25. The van der Waals surface area contributed by atoms with Crippen LogP contribution in [0.5, 0.6) is 0 Å². The smallest absolute Gasteiger partial charge is 0.0138 e. The number of nitrogens with two attached hydrogens (primary N) is 1. The molecule has 0 aromatic rings. The topological polar surface area (TPSA) is 29.3 Å². The van der Waals surface area contributed by atoms with E-state index < -0.39 is 0 Å². The third-order valence-electron chi connectivity index (χ3n) is 4.54. The van der Waals surface area contributed by atoms with Gasteiger partial charge in [-0.2, -0.15) is 0 Å². The van der Waals surface area contributed by atoms with Crippen LogP contribution in [0.4, 0.5) is 0 Å². The highest BCUT2D eigenvalue weighted by atomic mass is 15.2. The highest BCUT2D eigenvalue weighted by molar-refractivity contribution is 4.87. The first-order valence-electron chi connectivity index (χ1n) is 8.06. The van der Waals surface area contributed by atoms with Crippen LogP contribution >= 0.6 is 0 Å². The van der Waals surface area contributed by atoms with E-state index in [-0.39, 0.29) is 0 Å². The minimum absolute atomic E-state index is 0.733. The molecule has 2 heteroatoms. The zero-order valence-corrected chi connectivity index (χ0v) is 13.0. The molecule has 0 aliphatic heterocycles. The van der Waals surface area contributed by atoms with Gasteiger partial charge in [0.15, 0.2) is 0 Å². The molecule has 0 heterocycles. The first kappa shape index (κ1) is 16.0. The summed E-state index contributed by atoms with van der Waals surface area (Å²) in [7, 11) is 0. The fourth-order valence-electron chi connectivity index (χ4n) is 3.65. The van der Waals surface area contributed by atoms with Crippen LogP contribution in [-0.4, -0.2) is 30.6 Å². The van der Waals surface area contributed by atoms with Gasteiger partial charge in [-0.05, 0) is 43.7 Å². The van der Waals surface area contributed by atoms with Crippen LogP contribution in [0.15, 0.2) is 0 Å². The Balaban J connectivity index is 2.64. The molecule has 3 atom stereocenters. The van der Waals surface area contributed by atoms with E-state index >= 15 is 0 Å². The molecular formula is C16H34N2. The Hall–Kier alpha value is -0.0800. The quantitative estimate of drug-likeness (QED) is 0.753. The molecule has 0 radical (unpaired) electrons. The molecule has 1 fully saturated rings. The van der Waals surface area contributed by atoms with Crippen LogP contribution in [0.1, 0.15) is 59.8 Å². The molecule has 1 aliphatic carbocycles. The van der Waals surface area contributed by atoms with E-state index in [4.69, 9.17) is 5.73 Å². The lowest BCUT2D eigenvalue weighted by atomic mass is 9.75. The monoisotopic (exact) mass is 254 g/mol. The molecular weight excluding hydrogens is 220 g/mol. The van der Waals surface area contributed by atoms with Crippen molar-refractivity contribution in [1.82, 2.24) is 4.90 Å². The van der Waals surface area contributed by atoms with Gasteiger partial charge < -0.3 is 10.6 Å². The summed E-state index contributed by atoms with van der Waals surface area (Å²) < 4.78 is 0. The van der Waals surface area contributed by atoms with Crippen molar-refractivity contribution in [2.75, 3.05) is 19.6 Å². The SMILES string of the molecule is CCCC1CCC(CN)C(N(CC)CC(C)C)C1. The van der Waals surface area contributed by atoms with E-state index in [1.165, 1.54) is 45.2 Å². The average molecular weight is 254 g/mol. The van der Waals surface area contributed by atoms with Crippen molar-refractivity contribution in [3.8, 4) is 0 Å². The fraction of sp³-hybridized carbons (Fsp3) is 1.00. The van der Waals surface area contributed by atoms with Crippen molar-refractivity contribution in [2.45, 2.75) is 65.8 Å². The molecule has 2 nitrogen and oxygen atoms in total. The number of hydrogen-bond donors (Lipinski definition) is 1.